The molecule has 1 aliphatic carbocycles. The minimum absolute atomic E-state index is 0.0785. The van der Waals surface area contributed by atoms with Gasteiger partial charge in [-0.2, -0.15) is 0 Å². The molecule has 1 heteroatoms. The molecule has 15 heavy (non-hydrogen) atoms. The lowest BCUT2D eigenvalue weighted by Crippen LogP contribution is -1.88. The van der Waals surface area contributed by atoms with E-state index in [0.29, 0.717) is 0 Å². The van der Waals surface area contributed by atoms with E-state index in [1.54, 1.807) is 0 Å². The fourth-order valence-corrected chi connectivity index (χ4v) is 1.40. The van der Waals surface area contributed by atoms with Crippen molar-refractivity contribution < 1.29 is 5.11 Å². The zero-order valence-corrected chi connectivity index (χ0v) is 9.24. The first-order valence-electron chi connectivity index (χ1n) is 5.28. The summed E-state index contributed by atoms with van der Waals surface area (Å²) in [6, 6.07) is 0. The van der Waals surface area contributed by atoms with Crippen molar-refractivity contribution in [3.8, 4) is 0 Å². The molecule has 1 nitrogen and oxygen atoms in total. The van der Waals surface area contributed by atoms with E-state index >= 15 is 0 Å². The lowest BCUT2D eigenvalue weighted by Gasteiger charge is -2.06. The van der Waals surface area contributed by atoms with Gasteiger partial charge in [0, 0.05) is 0 Å². The van der Waals surface area contributed by atoms with Gasteiger partial charge in [0.05, 0.1) is 6.61 Å². The molecule has 1 aliphatic rings. The molecule has 1 rings (SSSR count). The summed E-state index contributed by atoms with van der Waals surface area (Å²) in [7, 11) is 0. The van der Waals surface area contributed by atoms with E-state index in [9.17, 15) is 0 Å². The normalized spacial score (nSPS) is 16.9. The molecule has 0 radical (unpaired) electrons. The molecule has 0 saturated carbocycles. The van der Waals surface area contributed by atoms with E-state index in [4.69, 9.17) is 5.11 Å². The van der Waals surface area contributed by atoms with Gasteiger partial charge in [-0.25, -0.2) is 0 Å². The largest absolute Gasteiger partial charge is 0.392 e. The summed E-state index contributed by atoms with van der Waals surface area (Å²) in [5.74, 6) is 0. The highest BCUT2D eigenvalue weighted by Crippen LogP contribution is 2.17. The molecule has 0 aliphatic heterocycles. The molecule has 0 spiro atoms. The standard InChI is InChI=1S/C14H18O/c1-3-13(11-15)10-9-12(2)14-7-5-4-6-8-14/h3,5,7-10,15H,2,4,6,11H2,1H3/b10-9-,13-3+. The Morgan fingerprint density at radius 2 is 2.27 bits per heavy atom. The van der Waals surface area contributed by atoms with E-state index in [-0.39, 0.29) is 6.61 Å². The van der Waals surface area contributed by atoms with Crippen LogP contribution in [0.3, 0.4) is 0 Å². The number of allylic oxidation sites excluding steroid dienone is 7. The van der Waals surface area contributed by atoms with Crippen molar-refractivity contribution in [1.29, 1.82) is 0 Å². The Hall–Kier alpha value is -1.34. The summed E-state index contributed by atoms with van der Waals surface area (Å²) in [6.07, 6.45) is 14.4. The molecule has 0 fully saturated rings. The van der Waals surface area contributed by atoms with Crippen molar-refractivity contribution in [1.82, 2.24) is 0 Å². The summed E-state index contributed by atoms with van der Waals surface area (Å²) in [4.78, 5) is 0. The Morgan fingerprint density at radius 3 is 2.80 bits per heavy atom. The van der Waals surface area contributed by atoms with E-state index in [1.807, 2.05) is 25.2 Å². The summed E-state index contributed by atoms with van der Waals surface area (Å²) in [6.45, 7) is 6.00. The van der Waals surface area contributed by atoms with Crippen LogP contribution in [0.25, 0.3) is 0 Å². The lowest BCUT2D eigenvalue weighted by molar-refractivity contribution is 0.335. The number of hydrogen-bond donors (Lipinski definition) is 1. The van der Waals surface area contributed by atoms with Crippen LogP contribution in [0.1, 0.15) is 19.8 Å². The molecule has 0 saturated heterocycles. The molecular formula is C14H18O. The van der Waals surface area contributed by atoms with Crippen LogP contribution in [0.4, 0.5) is 0 Å². The third-order valence-corrected chi connectivity index (χ3v) is 2.42. The van der Waals surface area contributed by atoms with Gasteiger partial charge in [0.2, 0.25) is 0 Å². The third-order valence-electron chi connectivity index (χ3n) is 2.42. The van der Waals surface area contributed by atoms with Gasteiger partial charge in [-0.1, -0.05) is 43.0 Å². The molecule has 0 bridgehead atoms. The van der Waals surface area contributed by atoms with Crippen molar-refractivity contribution in [3.05, 3.63) is 59.8 Å². The number of rotatable bonds is 4. The van der Waals surface area contributed by atoms with E-state index < -0.39 is 0 Å². The zero-order chi connectivity index (χ0) is 11.1. The van der Waals surface area contributed by atoms with Crippen LogP contribution < -0.4 is 0 Å². The summed E-state index contributed by atoms with van der Waals surface area (Å²) < 4.78 is 0. The fourth-order valence-electron chi connectivity index (χ4n) is 1.40. The van der Waals surface area contributed by atoms with Gasteiger partial charge in [0.1, 0.15) is 0 Å². The fraction of sp³-hybridized carbons (Fsp3) is 0.286. The molecule has 0 aromatic rings. The highest BCUT2D eigenvalue weighted by molar-refractivity contribution is 5.47. The summed E-state index contributed by atoms with van der Waals surface area (Å²) >= 11 is 0. The monoisotopic (exact) mass is 202 g/mol. The van der Waals surface area contributed by atoms with Crippen LogP contribution >= 0.6 is 0 Å². The molecule has 80 valence electrons. The van der Waals surface area contributed by atoms with Gasteiger partial charge in [-0.3, -0.25) is 0 Å². The first-order valence-corrected chi connectivity index (χ1v) is 5.28. The highest BCUT2D eigenvalue weighted by Gasteiger charge is 1.98. The predicted octanol–water partition coefficient (Wildman–Crippen LogP) is 3.31. The van der Waals surface area contributed by atoms with Crippen LogP contribution in [-0.4, -0.2) is 11.7 Å². The Balaban J connectivity index is 2.63. The van der Waals surface area contributed by atoms with Gasteiger partial charge in [-0.05, 0) is 36.5 Å². The molecule has 1 N–H and O–H groups in total. The van der Waals surface area contributed by atoms with Crippen LogP contribution in [-0.2, 0) is 0 Å². The van der Waals surface area contributed by atoms with Gasteiger partial charge < -0.3 is 5.11 Å². The molecule has 0 aromatic carbocycles. The van der Waals surface area contributed by atoms with Crippen LogP contribution in [0.5, 0.6) is 0 Å². The first kappa shape index (κ1) is 11.7. The van der Waals surface area contributed by atoms with E-state index in [1.165, 1.54) is 5.57 Å². The number of aliphatic hydroxyl groups excluding tert-OH is 1. The lowest BCUT2D eigenvalue weighted by atomic mass is 10.00. The van der Waals surface area contributed by atoms with Gasteiger partial charge in [0.25, 0.3) is 0 Å². The predicted molar refractivity (Wildman–Crippen MR) is 65.6 cm³/mol. The molecule has 0 unspecified atom stereocenters. The molecule has 0 atom stereocenters. The maximum Gasteiger partial charge on any atom is 0.0678 e. The van der Waals surface area contributed by atoms with Crippen molar-refractivity contribution in [2.45, 2.75) is 19.8 Å². The second-order valence-corrected chi connectivity index (χ2v) is 3.52. The minimum atomic E-state index is 0.0785. The Kier molecular flexibility index (Phi) is 4.85. The van der Waals surface area contributed by atoms with E-state index in [0.717, 1.165) is 24.0 Å². The van der Waals surface area contributed by atoms with Crippen LogP contribution in [0, 0.1) is 0 Å². The number of aliphatic hydroxyl groups is 1. The van der Waals surface area contributed by atoms with Crippen LogP contribution in [0.2, 0.25) is 0 Å². The molecule has 0 amide bonds. The highest BCUT2D eigenvalue weighted by atomic mass is 16.3. The van der Waals surface area contributed by atoms with Gasteiger partial charge in [0.15, 0.2) is 0 Å². The maximum atomic E-state index is 8.97. The van der Waals surface area contributed by atoms with Crippen molar-refractivity contribution in [2.75, 3.05) is 6.61 Å². The Bertz CT molecular complexity index is 340. The maximum absolute atomic E-state index is 8.97. The van der Waals surface area contributed by atoms with Crippen molar-refractivity contribution in [3.63, 3.8) is 0 Å². The second-order valence-electron chi connectivity index (χ2n) is 3.52. The van der Waals surface area contributed by atoms with Crippen LogP contribution in [0.15, 0.2) is 59.8 Å². The number of hydrogen-bond acceptors (Lipinski definition) is 1. The van der Waals surface area contributed by atoms with Gasteiger partial charge in [-0.15, -0.1) is 0 Å². The first-order chi connectivity index (χ1) is 7.27. The SMILES string of the molecule is C=C(/C=C\C(=C/C)CO)C1=CCCC=C1. The van der Waals surface area contributed by atoms with Gasteiger partial charge >= 0.3 is 0 Å². The van der Waals surface area contributed by atoms with Crippen molar-refractivity contribution in [2.24, 2.45) is 0 Å². The average Bonchev–Trinajstić information content (AvgIpc) is 2.31. The summed E-state index contributed by atoms with van der Waals surface area (Å²) in [5.41, 5.74) is 3.10. The molecular weight excluding hydrogens is 184 g/mol. The zero-order valence-electron chi connectivity index (χ0n) is 9.24. The topological polar surface area (TPSA) is 20.2 Å². The summed E-state index contributed by atoms with van der Waals surface area (Å²) in [5, 5.41) is 8.97. The molecule has 0 aromatic heterocycles. The molecule has 0 heterocycles. The Morgan fingerprint density at radius 1 is 1.47 bits per heavy atom. The second kappa shape index (κ2) is 6.20. The average molecular weight is 202 g/mol. The van der Waals surface area contributed by atoms with E-state index in [2.05, 4.69) is 24.8 Å². The Labute approximate surface area is 91.8 Å². The van der Waals surface area contributed by atoms with Crippen molar-refractivity contribution >= 4 is 0 Å². The minimum Gasteiger partial charge on any atom is -0.392 e. The quantitative estimate of drug-likeness (QED) is 0.693. The third kappa shape index (κ3) is 3.72. The smallest absolute Gasteiger partial charge is 0.0678 e.